The molecular weight excluding hydrogens is 218 g/mol. The summed E-state index contributed by atoms with van der Waals surface area (Å²) in [7, 11) is 1.75. The molecule has 0 aliphatic heterocycles. The Labute approximate surface area is 104 Å². The highest BCUT2D eigenvalue weighted by Gasteiger charge is 2.30. The molecule has 0 fully saturated rings. The third-order valence-electron chi connectivity index (χ3n) is 3.45. The molecule has 0 heterocycles. The summed E-state index contributed by atoms with van der Waals surface area (Å²) >= 11 is 0. The third-order valence-corrected chi connectivity index (χ3v) is 3.45. The van der Waals surface area contributed by atoms with Gasteiger partial charge in [0.15, 0.2) is 0 Å². The molecule has 0 rings (SSSR count). The standard InChI is InChI=1S/C13H25NO3/c1-5-10(3)13(11(9-16)7-8-15)14(4)12(17)6-2/h9-11,13,15H,5-8H2,1-4H3/t10-,11-,13-/m0/s1. The van der Waals surface area contributed by atoms with Crippen LogP contribution in [0.1, 0.15) is 40.0 Å². The largest absolute Gasteiger partial charge is 0.396 e. The molecule has 3 atom stereocenters. The summed E-state index contributed by atoms with van der Waals surface area (Å²) in [5, 5.41) is 8.99. The van der Waals surface area contributed by atoms with Crippen molar-refractivity contribution >= 4 is 12.2 Å². The number of rotatable bonds is 8. The van der Waals surface area contributed by atoms with E-state index in [4.69, 9.17) is 5.11 Å². The highest BCUT2D eigenvalue weighted by Crippen LogP contribution is 2.23. The lowest BCUT2D eigenvalue weighted by molar-refractivity contribution is -0.135. The molecule has 4 nitrogen and oxygen atoms in total. The monoisotopic (exact) mass is 243 g/mol. The fraction of sp³-hybridized carbons (Fsp3) is 0.846. The lowest BCUT2D eigenvalue weighted by Crippen LogP contribution is -2.46. The van der Waals surface area contributed by atoms with Gasteiger partial charge in [-0.05, 0) is 12.3 Å². The maximum atomic E-state index is 11.7. The number of hydrogen-bond acceptors (Lipinski definition) is 3. The summed E-state index contributed by atoms with van der Waals surface area (Å²) in [5.74, 6) is 0.00721. The van der Waals surface area contributed by atoms with Crippen LogP contribution in [0.25, 0.3) is 0 Å². The van der Waals surface area contributed by atoms with E-state index in [1.54, 1.807) is 11.9 Å². The molecule has 0 unspecified atom stereocenters. The van der Waals surface area contributed by atoms with Crippen molar-refractivity contribution in [1.29, 1.82) is 0 Å². The second-order valence-electron chi connectivity index (χ2n) is 4.55. The third kappa shape index (κ3) is 4.46. The first kappa shape index (κ1) is 16.1. The molecule has 0 saturated heterocycles. The van der Waals surface area contributed by atoms with E-state index >= 15 is 0 Å². The molecule has 0 aromatic rings. The molecular formula is C13H25NO3. The molecule has 1 amide bonds. The SMILES string of the molecule is CCC(=O)N(C)[C@H]([C@H](C=O)CCO)[C@@H](C)CC. The van der Waals surface area contributed by atoms with Gasteiger partial charge in [0.05, 0.1) is 0 Å². The zero-order valence-electron chi connectivity index (χ0n) is 11.3. The summed E-state index contributed by atoms with van der Waals surface area (Å²) in [6, 6.07) is -0.114. The van der Waals surface area contributed by atoms with Crippen LogP contribution in [0.4, 0.5) is 0 Å². The summed E-state index contributed by atoms with van der Waals surface area (Å²) in [6.45, 7) is 5.87. The van der Waals surface area contributed by atoms with Crippen molar-refractivity contribution < 1.29 is 14.7 Å². The van der Waals surface area contributed by atoms with Crippen LogP contribution in [0.15, 0.2) is 0 Å². The van der Waals surface area contributed by atoms with E-state index in [1.165, 1.54) is 0 Å². The fourth-order valence-corrected chi connectivity index (χ4v) is 2.22. The van der Waals surface area contributed by atoms with E-state index in [-0.39, 0.29) is 30.4 Å². The Balaban J connectivity index is 4.96. The molecule has 17 heavy (non-hydrogen) atoms. The number of nitrogens with zero attached hydrogens (tertiary/aromatic N) is 1. The van der Waals surface area contributed by atoms with Crippen LogP contribution in [-0.4, -0.2) is 41.9 Å². The molecule has 0 aliphatic rings. The zero-order chi connectivity index (χ0) is 13.4. The van der Waals surface area contributed by atoms with Gasteiger partial charge in [0.2, 0.25) is 5.91 Å². The van der Waals surface area contributed by atoms with Gasteiger partial charge in [-0.25, -0.2) is 0 Å². The first-order valence-electron chi connectivity index (χ1n) is 6.35. The summed E-state index contributed by atoms with van der Waals surface area (Å²) in [5.41, 5.74) is 0. The van der Waals surface area contributed by atoms with Crippen molar-refractivity contribution in [2.75, 3.05) is 13.7 Å². The number of carbonyl (C=O) groups is 2. The number of aliphatic hydroxyl groups is 1. The molecule has 0 aliphatic carbocycles. The second kappa shape index (κ2) is 8.23. The zero-order valence-corrected chi connectivity index (χ0v) is 11.3. The number of carbonyl (C=O) groups excluding carboxylic acids is 2. The number of aliphatic hydroxyl groups excluding tert-OH is 1. The predicted octanol–water partition coefficient (Wildman–Crippen LogP) is 1.47. The minimum atomic E-state index is -0.282. The molecule has 0 aromatic carbocycles. The van der Waals surface area contributed by atoms with Gasteiger partial charge in [-0.15, -0.1) is 0 Å². The van der Waals surface area contributed by atoms with E-state index in [1.807, 2.05) is 20.8 Å². The second-order valence-corrected chi connectivity index (χ2v) is 4.55. The maximum absolute atomic E-state index is 11.7. The van der Waals surface area contributed by atoms with Gasteiger partial charge in [-0.1, -0.05) is 27.2 Å². The van der Waals surface area contributed by atoms with Gasteiger partial charge in [-0.2, -0.15) is 0 Å². The van der Waals surface area contributed by atoms with Gasteiger partial charge < -0.3 is 14.8 Å². The topological polar surface area (TPSA) is 57.6 Å². The Morgan fingerprint density at radius 2 is 2.00 bits per heavy atom. The van der Waals surface area contributed by atoms with Gasteiger partial charge in [-0.3, -0.25) is 4.79 Å². The summed E-state index contributed by atoms with van der Waals surface area (Å²) in [4.78, 5) is 24.5. The Morgan fingerprint density at radius 1 is 1.41 bits per heavy atom. The van der Waals surface area contributed by atoms with Crippen LogP contribution in [0.5, 0.6) is 0 Å². The fourth-order valence-electron chi connectivity index (χ4n) is 2.22. The maximum Gasteiger partial charge on any atom is 0.222 e. The van der Waals surface area contributed by atoms with Crippen molar-refractivity contribution in [3.05, 3.63) is 0 Å². The number of amides is 1. The minimum absolute atomic E-state index is 0.0233. The van der Waals surface area contributed by atoms with E-state index in [9.17, 15) is 9.59 Å². The van der Waals surface area contributed by atoms with Crippen LogP contribution in [0.2, 0.25) is 0 Å². The molecule has 0 bridgehead atoms. The Hall–Kier alpha value is -0.900. The molecule has 0 spiro atoms. The lowest BCUT2D eigenvalue weighted by Gasteiger charge is -2.36. The quantitative estimate of drug-likeness (QED) is 0.657. The van der Waals surface area contributed by atoms with Gasteiger partial charge in [0, 0.05) is 32.0 Å². The molecule has 0 aromatic heterocycles. The first-order valence-corrected chi connectivity index (χ1v) is 6.35. The summed E-state index contributed by atoms with van der Waals surface area (Å²) < 4.78 is 0. The molecule has 100 valence electrons. The smallest absolute Gasteiger partial charge is 0.222 e. The van der Waals surface area contributed by atoms with E-state index in [0.29, 0.717) is 12.8 Å². The Bertz CT molecular complexity index is 241. The molecule has 4 heteroatoms. The normalized spacial score (nSPS) is 16.1. The number of aldehydes is 1. The lowest BCUT2D eigenvalue weighted by atomic mass is 9.85. The van der Waals surface area contributed by atoms with Crippen LogP contribution in [0.3, 0.4) is 0 Å². The minimum Gasteiger partial charge on any atom is -0.396 e. The summed E-state index contributed by atoms with van der Waals surface area (Å²) in [6.07, 6.45) is 2.63. The Morgan fingerprint density at radius 3 is 2.35 bits per heavy atom. The van der Waals surface area contributed by atoms with Gasteiger partial charge in [0.25, 0.3) is 0 Å². The van der Waals surface area contributed by atoms with Crippen LogP contribution in [-0.2, 0) is 9.59 Å². The van der Waals surface area contributed by atoms with Crippen molar-refractivity contribution in [2.24, 2.45) is 11.8 Å². The van der Waals surface area contributed by atoms with Crippen LogP contribution < -0.4 is 0 Å². The first-order chi connectivity index (χ1) is 8.03. The molecule has 0 saturated carbocycles. The van der Waals surface area contributed by atoms with E-state index in [0.717, 1.165) is 12.7 Å². The van der Waals surface area contributed by atoms with Crippen molar-refractivity contribution in [3.8, 4) is 0 Å². The van der Waals surface area contributed by atoms with Crippen LogP contribution >= 0.6 is 0 Å². The number of hydrogen-bond donors (Lipinski definition) is 1. The highest BCUT2D eigenvalue weighted by molar-refractivity contribution is 5.76. The molecule has 1 N–H and O–H groups in total. The van der Waals surface area contributed by atoms with E-state index in [2.05, 4.69) is 0 Å². The molecule has 0 radical (unpaired) electrons. The van der Waals surface area contributed by atoms with Crippen molar-refractivity contribution in [2.45, 2.75) is 46.1 Å². The highest BCUT2D eigenvalue weighted by atomic mass is 16.3. The van der Waals surface area contributed by atoms with Gasteiger partial charge in [0.1, 0.15) is 6.29 Å². The predicted molar refractivity (Wildman–Crippen MR) is 67.6 cm³/mol. The van der Waals surface area contributed by atoms with Crippen molar-refractivity contribution in [1.82, 2.24) is 4.90 Å². The van der Waals surface area contributed by atoms with Crippen LogP contribution in [0, 0.1) is 11.8 Å². The van der Waals surface area contributed by atoms with E-state index < -0.39 is 0 Å². The average molecular weight is 243 g/mol. The van der Waals surface area contributed by atoms with Gasteiger partial charge >= 0.3 is 0 Å². The Kier molecular flexibility index (Phi) is 7.79. The van der Waals surface area contributed by atoms with Crippen molar-refractivity contribution in [3.63, 3.8) is 0 Å². The average Bonchev–Trinajstić information content (AvgIpc) is 2.36.